The number of carbonyl (C=O) groups is 2. The van der Waals surface area contributed by atoms with E-state index in [4.69, 9.17) is 0 Å². The molecular weight excluding hydrogens is 332 g/mol. The summed E-state index contributed by atoms with van der Waals surface area (Å²) in [4.78, 5) is 25.3. The van der Waals surface area contributed by atoms with E-state index in [1.807, 2.05) is 13.0 Å². The summed E-state index contributed by atoms with van der Waals surface area (Å²) in [5.41, 5.74) is -2.33. The Morgan fingerprint density at radius 1 is 1.15 bits per heavy atom. The van der Waals surface area contributed by atoms with Gasteiger partial charge in [-0.15, -0.1) is 0 Å². The number of ketones is 2. The number of hydrogen-bond acceptors (Lipinski definition) is 5. The first kappa shape index (κ1) is 18.3. The van der Waals surface area contributed by atoms with Crippen LogP contribution in [0.2, 0.25) is 0 Å². The Morgan fingerprint density at radius 3 is 2.46 bits per heavy atom. The molecule has 0 radical (unpaired) electrons. The molecule has 0 aromatic carbocycles. The van der Waals surface area contributed by atoms with Crippen LogP contribution in [-0.4, -0.2) is 44.7 Å². The lowest BCUT2D eigenvalue weighted by atomic mass is 9.44. The van der Waals surface area contributed by atoms with Crippen LogP contribution in [-0.2, 0) is 9.59 Å². The van der Waals surface area contributed by atoms with E-state index in [0.29, 0.717) is 25.7 Å². The molecule has 3 fully saturated rings. The summed E-state index contributed by atoms with van der Waals surface area (Å²) in [5.74, 6) is -0.919. The number of aliphatic hydroxyl groups is 3. The van der Waals surface area contributed by atoms with Crippen LogP contribution in [0.25, 0.3) is 0 Å². The number of allylic oxidation sites excluding steroid dienone is 1. The maximum absolute atomic E-state index is 13.0. The van der Waals surface area contributed by atoms with E-state index in [0.717, 1.165) is 6.42 Å². The molecule has 9 atom stereocenters. The van der Waals surface area contributed by atoms with Gasteiger partial charge in [-0.05, 0) is 62.2 Å². The summed E-state index contributed by atoms with van der Waals surface area (Å²) in [6, 6.07) is 0. The highest BCUT2D eigenvalue weighted by molar-refractivity contribution is 5.89. The Balaban J connectivity index is 1.78. The average Bonchev–Trinajstić information content (AvgIpc) is 2.87. The van der Waals surface area contributed by atoms with Crippen LogP contribution >= 0.6 is 0 Å². The number of Topliss-reactive ketones (excluding diaryl/α,β-unsaturated/α-hetero) is 2. The number of aliphatic hydroxyl groups excluding tert-OH is 2. The second-order valence-corrected chi connectivity index (χ2v) is 9.63. The lowest BCUT2D eigenvalue weighted by molar-refractivity contribution is -0.183. The normalized spacial score (nSPS) is 55.8. The molecule has 4 rings (SSSR count). The smallest absolute Gasteiger partial charge is 0.165 e. The van der Waals surface area contributed by atoms with E-state index >= 15 is 0 Å². The van der Waals surface area contributed by atoms with Gasteiger partial charge in [0.05, 0.1) is 6.10 Å². The molecule has 3 N–H and O–H groups in total. The van der Waals surface area contributed by atoms with E-state index < -0.39 is 23.2 Å². The van der Waals surface area contributed by atoms with Gasteiger partial charge in [0.2, 0.25) is 0 Å². The zero-order valence-corrected chi connectivity index (χ0v) is 15.8. The fraction of sp³-hybridized carbons (Fsp3) is 0.810. The van der Waals surface area contributed by atoms with Crippen molar-refractivity contribution in [2.75, 3.05) is 0 Å². The van der Waals surface area contributed by atoms with Gasteiger partial charge in [-0.2, -0.15) is 0 Å². The highest BCUT2D eigenvalue weighted by atomic mass is 16.3. The summed E-state index contributed by atoms with van der Waals surface area (Å²) in [7, 11) is 0. The maximum atomic E-state index is 13.0. The SMILES string of the molecule is CC(=O)[C@@]1(O)CC[C@H]2[C@@H]3C(O)C(=O)C4CC(O)C=C[C@]4(C)[C@H]3CC[C@@]21C. The topological polar surface area (TPSA) is 94.8 Å². The van der Waals surface area contributed by atoms with Gasteiger partial charge in [-0.1, -0.05) is 26.0 Å². The van der Waals surface area contributed by atoms with E-state index in [9.17, 15) is 24.9 Å². The summed E-state index contributed by atoms with van der Waals surface area (Å²) < 4.78 is 0. The molecule has 5 nitrogen and oxygen atoms in total. The molecular formula is C21H30O5. The summed E-state index contributed by atoms with van der Waals surface area (Å²) in [5, 5.41) is 32.1. The minimum atomic E-state index is -1.36. The molecule has 0 spiro atoms. The van der Waals surface area contributed by atoms with Crippen LogP contribution < -0.4 is 0 Å². The van der Waals surface area contributed by atoms with E-state index in [-0.39, 0.29) is 40.7 Å². The van der Waals surface area contributed by atoms with Crippen molar-refractivity contribution in [1.29, 1.82) is 0 Å². The van der Waals surface area contributed by atoms with Crippen LogP contribution in [0.15, 0.2) is 12.2 Å². The minimum Gasteiger partial charge on any atom is -0.389 e. The van der Waals surface area contributed by atoms with Crippen molar-refractivity contribution in [1.82, 2.24) is 0 Å². The third kappa shape index (κ3) is 2.02. The standard InChI is InChI=1S/C21H30O5/c1-11(22)21(26)9-6-14-16-13(5-8-20(14,21)3)19(2)7-4-12(23)10-15(19)17(24)18(16)25/h4,7,12-16,18,23,25-26H,5-6,8-10H2,1-3H3/t12?,13-,14-,15?,16+,18?,19+,20-,21-/m0/s1. The fourth-order valence-electron chi connectivity index (χ4n) is 7.17. The van der Waals surface area contributed by atoms with Crippen molar-refractivity contribution in [3.8, 4) is 0 Å². The lowest BCUT2D eigenvalue weighted by Gasteiger charge is -2.60. The van der Waals surface area contributed by atoms with Crippen LogP contribution in [0.1, 0.15) is 52.9 Å². The Hall–Kier alpha value is -1.04. The van der Waals surface area contributed by atoms with Crippen LogP contribution in [0, 0.1) is 34.5 Å². The van der Waals surface area contributed by atoms with Crippen molar-refractivity contribution in [2.24, 2.45) is 34.5 Å². The highest BCUT2D eigenvalue weighted by Gasteiger charge is 2.68. The number of carbonyl (C=O) groups excluding carboxylic acids is 2. The van der Waals surface area contributed by atoms with Crippen LogP contribution in [0.4, 0.5) is 0 Å². The van der Waals surface area contributed by atoms with Crippen molar-refractivity contribution >= 4 is 11.6 Å². The fourth-order valence-corrected chi connectivity index (χ4v) is 7.17. The van der Waals surface area contributed by atoms with Crippen molar-refractivity contribution in [3.05, 3.63) is 12.2 Å². The molecule has 0 aliphatic heterocycles. The molecule has 0 aromatic rings. The minimum absolute atomic E-state index is 0.0490. The average molecular weight is 362 g/mol. The molecule has 144 valence electrons. The number of hydrogen-bond donors (Lipinski definition) is 3. The van der Waals surface area contributed by atoms with Crippen LogP contribution in [0.5, 0.6) is 0 Å². The first-order valence-corrected chi connectivity index (χ1v) is 9.89. The maximum Gasteiger partial charge on any atom is 0.165 e. The highest BCUT2D eigenvalue weighted by Crippen LogP contribution is 2.67. The van der Waals surface area contributed by atoms with Crippen molar-refractivity contribution < 1.29 is 24.9 Å². The van der Waals surface area contributed by atoms with Gasteiger partial charge in [-0.25, -0.2) is 0 Å². The molecule has 0 amide bonds. The molecule has 0 bridgehead atoms. The largest absolute Gasteiger partial charge is 0.389 e. The van der Waals surface area contributed by atoms with E-state index in [1.165, 1.54) is 6.92 Å². The van der Waals surface area contributed by atoms with Gasteiger partial charge < -0.3 is 15.3 Å². The van der Waals surface area contributed by atoms with Gasteiger partial charge in [-0.3, -0.25) is 9.59 Å². The molecule has 5 heteroatoms. The Kier molecular flexibility index (Phi) is 3.87. The van der Waals surface area contributed by atoms with Gasteiger partial charge in [0, 0.05) is 11.3 Å². The van der Waals surface area contributed by atoms with Gasteiger partial charge in [0.1, 0.15) is 11.7 Å². The molecule has 4 aliphatic carbocycles. The predicted octanol–water partition coefficient (Wildman–Crippen LogP) is 1.64. The number of rotatable bonds is 1. The third-order valence-corrected chi connectivity index (χ3v) is 8.77. The Morgan fingerprint density at radius 2 is 1.81 bits per heavy atom. The van der Waals surface area contributed by atoms with Crippen LogP contribution in [0.3, 0.4) is 0 Å². The summed E-state index contributed by atoms with van der Waals surface area (Å²) in [6.45, 7) is 5.50. The second kappa shape index (κ2) is 5.49. The summed E-state index contributed by atoms with van der Waals surface area (Å²) >= 11 is 0. The lowest BCUT2D eigenvalue weighted by Crippen LogP contribution is -2.63. The van der Waals surface area contributed by atoms with Gasteiger partial charge in [0.25, 0.3) is 0 Å². The molecule has 3 saturated carbocycles. The number of fused-ring (bicyclic) bond motifs is 5. The molecule has 0 aromatic heterocycles. The Bertz CT molecular complexity index is 686. The van der Waals surface area contributed by atoms with E-state index in [1.54, 1.807) is 6.08 Å². The van der Waals surface area contributed by atoms with E-state index in [2.05, 4.69) is 6.92 Å². The molecule has 0 saturated heterocycles. The molecule has 0 heterocycles. The van der Waals surface area contributed by atoms with Gasteiger partial charge in [0.15, 0.2) is 11.6 Å². The zero-order chi connectivity index (χ0) is 19.1. The summed E-state index contributed by atoms with van der Waals surface area (Å²) in [6.07, 6.45) is 4.98. The zero-order valence-electron chi connectivity index (χ0n) is 15.8. The first-order valence-electron chi connectivity index (χ1n) is 9.89. The van der Waals surface area contributed by atoms with Gasteiger partial charge >= 0.3 is 0 Å². The second-order valence-electron chi connectivity index (χ2n) is 9.63. The predicted molar refractivity (Wildman–Crippen MR) is 95.1 cm³/mol. The molecule has 4 aliphatic rings. The molecule has 26 heavy (non-hydrogen) atoms. The Labute approximate surface area is 154 Å². The quantitative estimate of drug-likeness (QED) is 0.617. The molecule has 3 unspecified atom stereocenters. The monoisotopic (exact) mass is 362 g/mol. The third-order valence-electron chi connectivity index (χ3n) is 8.77. The first-order chi connectivity index (χ1) is 12.1. The van der Waals surface area contributed by atoms with Crippen molar-refractivity contribution in [2.45, 2.75) is 70.7 Å². The van der Waals surface area contributed by atoms with Crippen molar-refractivity contribution in [3.63, 3.8) is 0 Å².